The molecule has 0 bridgehead atoms. The predicted octanol–water partition coefficient (Wildman–Crippen LogP) is 3.80. The zero-order valence-corrected chi connectivity index (χ0v) is 17.0. The maximum absolute atomic E-state index is 14.7. The van der Waals surface area contributed by atoms with Gasteiger partial charge in [-0.1, -0.05) is 0 Å². The molecule has 2 aromatic heterocycles. The summed E-state index contributed by atoms with van der Waals surface area (Å²) in [4.78, 5) is 17.8. The number of alkyl halides is 2. The van der Waals surface area contributed by atoms with Crippen molar-refractivity contribution >= 4 is 15.7 Å². The molecule has 1 unspecified atom stereocenters. The smallest absolute Gasteiger partial charge is 0.280 e. The Balaban J connectivity index is 2.31. The van der Waals surface area contributed by atoms with Crippen molar-refractivity contribution in [2.45, 2.75) is 23.5 Å². The van der Waals surface area contributed by atoms with Gasteiger partial charge in [-0.25, -0.2) is 30.4 Å². The molecule has 3 rings (SSSR count). The highest BCUT2D eigenvalue weighted by atomic mass is 32.2. The summed E-state index contributed by atoms with van der Waals surface area (Å²) in [6, 6.07) is 3.68. The number of carbonyl (C=O) groups excluding carboxylic acids is 1. The molecule has 0 saturated heterocycles. The topological polar surface area (TPSA) is 103 Å². The number of pyridine rings is 2. The second kappa shape index (κ2) is 8.61. The molecule has 12 heteroatoms. The van der Waals surface area contributed by atoms with Gasteiger partial charge in [0.15, 0.2) is 21.5 Å². The number of aromatic nitrogens is 2. The van der Waals surface area contributed by atoms with Crippen LogP contribution in [0.1, 0.15) is 44.5 Å². The number of carbonyl (C=O) groups is 1. The molecule has 0 aliphatic rings. The second-order valence-electron chi connectivity index (χ2n) is 6.69. The molecule has 2 N–H and O–H groups in total. The van der Waals surface area contributed by atoms with Crippen molar-refractivity contribution in [3.63, 3.8) is 0 Å². The lowest BCUT2D eigenvalue weighted by Crippen LogP contribution is -2.21. The summed E-state index contributed by atoms with van der Waals surface area (Å²) in [6.07, 6.45) is -1.49. The van der Waals surface area contributed by atoms with Gasteiger partial charge < -0.3 is 5.73 Å². The van der Waals surface area contributed by atoms with E-state index in [0.717, 1.165) is 24.4 Å². The minimum Gasteiger partial charge on any atom is -0.364 e. The number of amides is 1. The summed E-state index contributed by atoms with van der Waals surface area (Å²) < 4.78 is 95.6. The van der Waals surface area contributed by atoms with Crippen molar-refractivity contribution in [2.24, 2.45) is 5.73 Å². The Kier molecular flexibility index (Phi) is 6.26. The highest BCUT2D eigenvalue weighted by molar-refractivity contribution is 7.91. The number of hydrogen-bond donors (Lipinski definition) is 1. The van der Waals surface area contributed by atoms with E-state index in [9.17, 15) is 35.2 Å². The van der Waals surface area contributed by atoms with Crippen LogP contribution >= 0.6 is 0 Å². The summed E-state index contributed by atoms with van der Waals surface area (Å²) in [7, 11) is -4.78. The van der Waals surface area contributed by atoms with Crippen LogP contribution in [0.3, 0.4) is 0 Å². The third-order valence-corrected chi connectivity index (χ3v) is 6.66. The number of primary amides is 1. The Hall–Kier alpha value is -3.41. The van der Waals surface area contributed by atoms with Crippen LogP contribution in [0.5, 0.6) is 0 Å². The van der Waals surface area contributed by atoms with Gasteiger partial charge in [0.2, 0.25) is 0 Å². The van der Waals surface area contributed by atoms with Crippen molar-refractivity contribution in [3.05, 3.63) is 88.3 Å². The zero-order chi connectivity index (χ0) is 23.8. The molecule has 2 heterocycles. The summed E-state index contributed by atoms with van der Waals surface area (Å²) in [5.41, 5.74) is 2.82. The van der Waals surface area contributed by atoms with E-state index in [1.54, 1.807) is 0 Å². The number of rotatable bonds is 6. The fraction of sp³-hybridized carbons (Fsp3) is 0.150. The molecule has 1 aromatic carbocycles. The summed E-state index contributed by atoms with van der Waals surface area (Å²) in [5, 5.41) is -2.17. The van der Waals surface area contributed by atoms with E-state index < -0.39 is 61.0 Å². The Morgan fingerprint density at radius 2 is 1.66 bits per heavy atom. The molecule has 0 spiro atoms. The van der Waals surface area contributed by atoms with E-state index in [0.29, 0.717) is 18.3 Å². The van der Waals surface area contributed by atoms with E-state index in [-0.39, 0.29) is 16.8 Å². The molecule has 6 nitrogen and oxygen atoms in total. The highest BCUT2D eigenvalue weighted by Gasteiger charge is 2.38. The van der Waals surface area contributed by atoms with Crippen LogP contribution in [0.4, 0.5) is 22.0 Å². The van der Waals surface area contributed by atoms with Gasteiger partial charge in [-0.05, 0) is 48.4 Å². The van der Waals surface area contributed by atoms with Crippen molar-refractivity contribution < 1.29 is 35.2 Å². The van der Waals surface area contributed by atoms with Crippen LogP contribution in [-0.4, -0.2) is 24.3 Å². The summed E-state index contributed by atoms with van der Waals surface area (Å²) in [6.45, 7) is 1.33. The van der Waals surface area contributed by atoms with Crippen LogP contribution < -0.4 is 5.73 Å². The molecule has 168 valence electrons. The van der Waals surface area contributed by atoms with Crippen LogP contribution in [0.25, 0.3) is 0 Å². The first-order chi connectivity index (χ1) is 14.9. The van der Waals surface area contributed by atoms with Gasteiger partial charge in [-0.3, -0.25) is 14.8 Å². The molecule has 0 saturated carbocycles. The lowest BCUT2D eigenvalue weighted by Gasteiger charge is -2.22. The quantitative estimate of drug-likeness (QED) is 0.435. The number of nitrogens with zero attached hydrogens (tertiary/aromatic N) is 2. The van der Waals surface area contributed by atoms with Crippen molar-refractivity contribution in [2.75, 3.05) is 0 Å². The molecule has 3 aromatic rings. The summed E-state index contributed by atoms with van der Waals surface area (Å²) >= 11 is 0. The fourth-order valence-electron chi connectivity index (χ4n) is 3.06. The van der Waals surface area contributed by atoms with Gasteiger partial charge >= 0.3 is 0 Å². The third-order valence-electron chi connectivity index (χ3n) is 4.65. The number of sulfone groups is 1. The number of aryl methyl sites for hydroxylation is 1. The molecule has 0 aliphatic carbocycles. The van der Waals surface area contributed by atoms with Crippen LogP contribution in [0, 0.1) is 24.4 Å². The van der Waals surface area contributed by atoms with E-state index in [4.69, 9.17) is 5.73 Å². The molecule has 0 radical (unpaired) electrons. The average Bonchev–Trinajstić information content (AvgIpc) is 2.74. The fourth-order valence-corrected chi connectivity index (χ4v) is 4.90. The number of halogens is 5. The first kappa shape index (κ1) is 23.3. The predicted molar refractivity (Wildman–Crippen MR) is 102 cm³/mol. The monoisotopic (exact) mass is 471 g/mol. The molecule has 1 atom stereocenters. The van der Waals surface area contributed by atoms with E-state index in [1.165, 1.54) is 6.92 Å². The molecular weight excluding hydrogens is 457 g/mol. The SMILES string of the molecule is Cc1cc(C(N)=O)ncc1C(c1c(F)ccc(F)c1F)S(=O)(=O)c1ccc(C(F)F)nc1. The minimum atomic E-state index is -4.78. The van der Waals surface area contributed by atoms with Gasteiger partial charge in [0.1, 0.15) is 22.5 Å². The number of nitrogens with two attached hydrogens (primary N) is 1. The number of benzene rings is 1. The largest absolute Gasteiger partial charge is 0.364 e. The van der Waals surface area contributed by atoms with Gasteiger partial charge in [0, 0.05) is 18.0 Å². The molecule has 0 aliphatic heterocycles. The first-order valence-corrected chi connectivity index (χ1v) is 10.4. The van der Waals surface area contributed by atoms with Gasteiger partial charge in [-0.2, -0.15) is 0 Å². The first-order valence-electron chi connectivity index (χ1n) is 8.83. The third kappa shape index (κ3) is 4.17. The Morgan fingerprint density at radius 3 is 2.19 bits per heavy atom. The highest BCUT2D eigenvalue weighted by Crippen LogP contribution is 2.39. The Morgan fingerprint density at radius 1 is 1.00 bits per heavy atom. The van der Waals surface area contributed by atoms with Crippen LogP contribution in [0.15, 0.2) is 47.6 Å². The molecule has 1 amide bonds. The maximum Gasteiger partial charge on any atom is 0.280 e. The van der Waals surface area contributed by atoms with Crippen LogP contribution in [-0.2, 0) is 9.84 Å². The molecule has 0 fully saturated rings. The Bertz CT molecular complexity index is 1300. The lowest BCUT2D eigenvalue weighted by molar-refractivity contribution is 0.0995. The van der Waals surface area contributed by atoms with Gasteiger partial charge in [-0.15, -0.1) is 0 Å². The van der Waals surface area contributed by atoms with E-state index in [2.05, 4.69) is 9.97 Å². The van der Waals surface area contributed by atoms with Gasteiger partial charge in [0.05, 0.1) is 4.90 Å². The average molecular weight is 471 g/mol. The summed E-state index contributed by atoms with van der Waals surface area (Å²) in [5.74, 6) is -5.57. The lowest BCUT2D eigenvalue weighted by atomic mass is 10.00. The molecule has 32 heavy (non-hydrogen) atoms. The maximum atomic E-state index is 14.7. The zero-order valence-electron chi connectivity index (χ0n) is 16.2. The van der Waals surface area contributed by atoms with Gasteiger partial charge in [0.25, 0.3) is 12.3 Å². The second-order valence-corrected chi connectivity index (χ2v) is 8.72. The minimum absolute atomic E-state index is 0.0580. The van der Waals surface area contributed by atoms with Crippen molar-refractivity contribution in [3.8, 4) is 0 Å². The van der Waals surface area contributed by atoms with E-state index in [1.807, 2.05) is 0 Å². The molecular formula is C20H14F5N3O3S. The van der Waals surface area contributed by atoms with E-state index >= 15 is 0 Å². The number of hydrogen-bond acceptors (Lipinski definition) is 5. The van der Waals surface area contributed by atoms with Crippen molar-refractivity contribution in [1.29, 1.82) is 0 Å². The van der Waals surface area contributed by atoms with Crippen LogP contribution in [0.2, 0.25) is 0 Å². The van der Waals surface area contributed by atoms with Crippen molar-refractivity contribution in [1.82, 2.24) is 9.97 Å². The standard InChI is InChI=1S/C20H14F5N3O3S/c1-9-6-15(20(26)29)28-8-11(9)18(16-12(21)3-4-13(22)17(16)23)32(30,31)10-2-5-14(19(24)25)27-7-10/h2-8,18-19H,1H3,(H2,26,29). The Labute approximate surface area is 178 Å². The normalized spacial score (nSPS) is 12.7.